The van der Waals surface area contributed by atoms with Crippen LogP contribution in [0.5, 0.6) is 0 Å². The van der Waals surface area contributed by atoms with E-state index >= 15 is 0 Å². The zero-order valence-corrected chi connectivity index (χ0v) is 14.5. The van der Waals surface area contributed by atoms with E-state index in [1.807, 2.05) is 37.3 Å². The van der Waals surface area contributed by atoms with Crippen LogP contribution >= 0.6 is 0 Å². The molecule has 1 saturated heterocycles. The third-order valence-electron chi connectivity index (χ3n) is 5.75. The van der Waals surface area contributed by atoms with E-state index in [1.165, 1.54) is 0 Å². The Kier molecular flexibility index (Phi) is 3.95. The van der Waals surface area contributed by atoms with Gasteiger partial charge in [0.2, 0.25) is 5.91 Å². The minimum absolute atomic E-state index is 0.0766. The SMILES string of the molecule is Cc1cc(-c2ccccc2)ccc1C1C(=O)NC2(CCCCC2)C1=O. The molecule has 1 saturated carbocycles. The van der Waals surface area contributed by atoms with Gasteiger partial charge in [0.1, 0.15) is 5.92 Å². The van der Waals surface area contributed by atoms with Crippen LogP contribution in [-0.2, 0) is 9.59 Å². The van der Waals surface area contributed by atoms with Crippen LogP contribution in [0, 0.1) is 6.92 Å². The van der Waals surface area contributed by atoms with Crippen molar-refractivity contribution in [2.24, 2.45) is 0 Å². The molecule has 1 spiro atoms. The van der Waals surface area contributed by atoms with Crippen LogP contribution in [0.3, 0.4) is 0 Å². The summed E-state index contributed by atoms with van der Waals surface area (Å²) in [6, 6.07) is 16.2. The first-order chi connectivity index (χ1) is 12.1. The average Bonchev–Trinajstić information content (AvgIpc) is 2.86. The number of Topliss-reactive ketones (excluding diaryl/α,β-unsaturated/α-hetero) is 1. The Morgan fingerprint density at radius 3 is 2.32 bits per heavy atom. The maximum atomic E-state index is 13.1. The van der Waals surface area contributed by atoms with Gasteiger partial charge >= 0.3 is 0 Å². The molecule has 1 aliphatic carbocycles. The normalized spacial score (nSPS) is 22.2. The van der Waals surface area contributed by atoms with Crippen molar-refractivity contribution >= 4 is 11.7 Å². The van der Waals surface area contributed by atoms with Crippen molar-refractivity contribution < 1.29 is 9.59 Å². The smallest absolute Gasteiger partial charge is 0.235 e. The fourth-order valence-corrected chi connectivity index (χ4v) is 4.38. The lowest BCUT2D eigenvalue weighted by molar-refractivity contribution is -0.125. The zero-order chi connectivity index (χ0) is 17.4. The molecule has 0 bridgehead atoms. The van der Waals surface area contributed by atoms with Crippen molar-refractivity contribution in [3.63, 3.8) is 0 Å². The van der Waals surface area contributed by atoms with Crippen LogP contribution in [0.1, 0.15) is 49.1 Å². The van der Waals surface area contributed by atoms with Gasteiger partial charge in [0.15, 0.2) is 5.78 Å². The van der Waals surface area contributed by atoms with E-state index in [0.717, 1.165) is 54.4 Å². The molecule has 0 aromatic heterocycles. The molecule has 1 aliphatic heterocycles. The molecule has 128 valence electrons. The van der Waals surface area contributed by atoms with Gasteiger partial charge in [-0.2, -0.15) is 0 Å². The third-order valence-corrected chi connectivity index (χ3v) is 5.75. The van der Waals surface area contributed by atoms with E-state index < -0.39 is 11.5 Å². The van der Waals surface area contributed by atoms with Gasteiger partial charge in [0.25, 0.3) is 0 Å². The zero-order valence-electron chi connectivity index (χ0n) is 14.5. The van der Waals surface area contributed by atoms with Crippen molar-refractivity contribution in [1.82, 2.24) is 5.32 Å². The topological polar surface area (TPSA) is 46.2 Å². The summed E-state index contributed by atoms with van der Waals surface area (Å²) in [7, 11) is 0. The average molecular weight is 333 g/mol. The highest BCUT2D eigenvalue weighted by Crippen LogP contribution is 2.40. The summed E-state index contributed by atoms with van der Waals surface area (Å²) in [6.45, 7) is 1.99. The molecule has 3 nitrogen and oxygen atoms in total. The highest BCUT2D eigenvalue weighted by molar-refractivity contribution is 6.17. The standard InChI is InChI=1S/C22H23NO2/c1-15-14-17(16-8-4-2-5-9-16)10-11-18(15)19-20(24)22(23-21(19)25)12-6-3-7-13-22/h2,4-5,8-11,14,19H,3,6-7,12-13H2,1H3,(H,23,25). The number of ketones is 1. The lowest BCUT2D eigenvalue weighted by atomic mass is 9.76. The minimum Gasteiger partial charge on any atom is -0.343 e. The summed E-state index contributed by atoms with van der Waals surface area (Å²) >= 11 is 0. The number of rotatable bonds is 2. The van der Waals surface area contributed by atoms with Crippen molar-refractivity contribution in [3.8, 4) is 11.1 Å². The summed E-state index contributed by atoms with van der Waals surface area (Å²) in [6.07, 6.45) is 4.76. The molecule has 1 N–H and O–H groups in total. The van der Waals surface area contributed by atoms with Crippen LogP contribution in [0.4, 0.5) is 0 Å². The summed E-state index contributed by atoms with van der Waals surface area (Å²) in [5.41, 5.74) is 3.50. The van der Waals surface area contributed by atoms with Gasteiger partial charge in [-0.1, -0.05) is 67.8 Å². The van der Waals surface area contributed by atoms with Crippen LogP contribution in [-0.4, -0.2) is 17.2 Å². The largest absolute Gasteiger partial charge is 0.343 e. The van der Waals surface area contributed by atoms with Crippen molar-refractivity contribution in [1.29, 1.82) is 0 Å². The second kappa shape index (κ2) is 6.14. The number of amides is 1. The first-order valence-corrected chi connectivity index (χ1v) is 9.13. The monoisotopic (exact) mass is 333 g/mol. The summed E-state index contributed by atoms with van der Waals surface area (Å²) in [5, 5.41) is 3.05. The van der Waals surface area contributed by atoms with Crippen LogP contribution in [0.25, 0.3) is 11.1 Å². The molecule has 1 unspecified atom stereocenters. The van der Waals surface area contributed by atoms with E-state index in [4.69, 9.17) is 0 Å². The molecule has 2 aliphatic rings. The number of benzene rings is 2. The molecule has 1 amide bonds. The van der Waals surface area contributed by atoms with E-state index in [2.05, 4.69) is 23.5 Å². The van der Waals surface area contributed by atoms with E-state index in [1.54, 1.807) is 0 Å². The Morgan fingerprint density at radius 1 is 0.920 bits per heavy atom. The van der Waals surface area contributed by atoms with E-state index in [0.29, 0.717) is 0 Å². The Balaban J connectivity index is 1.68. The highest BCUT2D eigenvalue weighted by atomic mass is 16.2. The van der Waals surface area contributed by atoms with Crippen molar-refractivity contribution in [2.75, 3.05) is 0 Å². The summed E-state index contributed by atoms with van der Waals surface area (Å²) < 4.78 is 0. The molecule has 1 heterocycles. The predicted octanol–water partition coefficient (Wildman–Crippen LogP) is 4.15. The first-order valence-electron chi connectivity index (χ1n) is 9.13. The van der Waals surface area contributed by atoms with Gasteiger partial charge in [-0.05, 0) is 42.0 Å². The molecule has 2 aromatic rings. The molecule has 2 fully saturated rings. The summed E-state index contributed by atoms with van der Waals surface area (Å²) in [4.78, 5) is 25.8. The molecule has 3 heteroatoms. The van der Waals surface area contributed by atoms with E-state index in [-0.39, 0.29) is 11.7 Å². The van der Waals surface area contributed by atoms with Crippen LogP contribution in [0.15, 0.2) is 48.5 Å². The van der Waals surface area contributed by atoms with Gasteiger partial charge in [-0.3, -0.25) is 9.59 Å². The number of hydrogen-bond acceptors (Lipinski definition) is 2. The third kappa shape index (κ3) is 2.68. The predicted molar refractivity (Wildman–Crippen MR) is 98.3 cm³/mol. The molecular weight excluding hydrogens is 310 g/mol. The number of carbonyl (C=O) groups excluding carboxylic acids is 2. The maximum Gasteiger partial charge on any atom is 0.235 e. The molecule has 4 rings (SSSR count). The number of carbonyl (C=O) groups is 2. The van der Waals surface area contributed by atoms with E-state index in [9.17, 15) is 9.59 Å². The van der Waals surface area contributed by atoms with Gasteiger partial charge < -0.3 is 5.32 Å². The second-order valence-corrected chi connectivity index (χ2v) is 7.37. The fourth-order valence-electron chi connectivity index (χ4n) is 4.38. The second-order valence-electron chi connectivity index (χ2n) is 7.37. The molecule has 0 radical (unpaired) electrons. The quantitative estimate of drug-likeness (QED) is 0.839. The first kappa shape index (κ1) is 16.1. The van der Waals surface area contributed by atoms with Crippen molar-refractivity contribution in [2.45, 2.75) is 50.5 Å². The minimum atomic E-state index is -0.650. The Morgan fingerprint density at radius 2 is 1.64 bits per heavy atom. The number of nitrogens with one attached hydrogen (secondary N) is 1. The van der Waals surface area contributed by atoms with Gasteiger partial charge in [-0.25, -0.2) is 0 Å². The lowest BCUT2D eigenvalue weighted by Crippen LogP contribution is -2.47. The van der Waals surface area contributed by atoms with Gasteiger partial charge in [0.05, 0.1) is 5.54 Å². The molecular formula is C22H23NO2. The van der Waals surface area contributed by atoms with Gasteiger partial charge in [-0.15, -0.1) is 0 Å². The van der Waals surface area contributed by atoms with Crippen LogP contribution in [0.2, 0.25) is 0 Å². The van der Waals surface area contributed by atoms with Gasteiger partial charge in [0, 0.05) is 0 Å². The Bertz CT molecular complexity index is 819. The lowest BCUT2D eigenvalue weighted by Gasteiger charge is -2.31. The number of hydrogen-bond donors (Lipinski definition) is 1. The van der Waals surface area contributed by atoms with Crippen LogP contribution < -0.4 is 5.32 Å². The highest BCUT2D eigenvalue weighted by Gasteiger charge is 2.53. The Labute approximate surface area is 148 Å². The molecule has 2 aromatic carbocycles. The van der Waals surface area contributed by atoms with Crippen molar-refractivity contribution in [3.05, 3.63) is 59.7 Å². The number of aryl methyl sites for hydroxylation is 1. The fraction of sp³-hybridized carbons (Fsp3) is 0.364. The molecule has 25 heavy (non-hydrogen) atoms. The maximum absolute atomic E-state index is 13.1. The summed E-state index contributed by atoms with van der Waals surface area (Å²) in [5.74, 6) is -0.696. The Hall–Kier alpha value is -2.42. The molecule has 1 atom stereocenters.